The fourth-order valence-corrected chi connectivity index (χ4v) is 6.71. The number of aromatic nitrogens is 1. The molecule has 4 heterocycles. The minimum Gasteiger partial charge on any atom is -0.442 e. The first kappa shape index (κ1) is 23.7. The lowest BCUT2D eigenvalue weighted by Gasteiger charge is -2.30. The Morgan fingerprint density at radius 2 is 1.89 bits per heavy atom. The summed E-state index contributed by atoms with van der Waals surface area (Å²) in [5, 5.41) is 3.36. The third-order valence-corrected chi connectivity index (χ3v) is 8.55. The van der Waals surface area contributed by atoms with Crippen LogP contribution >= 0.6 is 0 Å². The maximum atomic E-state index is 6.05. The van der Waals surface area contributed by atoms with Crippen LogP contribution in [0.15, 0.2) is 97.2 Å². The second kappa shape index (κ2) is 9.66. The molecule has 1 aliphatic carbocycles. The Kier molecular flexibility index (Phi) is 6.19. The van der Waals surface area contributed by atoms with Crippen molar-refractivity contribution >= 4 is 17.0 Å². The van der Waals surface area contributed by atoms with Gasteiger partial charge < -0.3 is 10.1 Å². The summed E-state index contributed by atoms with van der Waals surface area (Å²) >= 11 is 0. The van der Waals surface area contributed by atoms with Gasteiger partial charge in [0.1, 0.15) is 11.8 Å². The quantitative estimate of drug-likeness (QED) is 0.501. The summed E-state index contributed by atoms with van der Waals surface area (Å²) in [5.74, 6) is 2.18. The molecule has 188 valence electrons. The van der Waals surface area contributed by atoms with Crippen molar-refractivity contribution in [2.24, 2.45) is 10.9 Å². The monoisotopic (exact) mass is 490 g/mol. The Hall–Kier alpha value is -3.66. The smallest absolute Gasteiger partial charge is 0.222 e. The molecule has 0 bridgehead atoms. The van der Waals surface area contributed by atoms with Crippen molar-refractivity contribution in [2.75, 3.05) is 6.54 Å². The Bertz CT molecular complexity index is 1370. The van der Waals surface area contributed by atoms with Crippen LogP contribution in [0.3, 0.4) is 0 Å². The highest BCUT2D eigenvalue weighted by Crippen LogP contribution is 2.42. The number of ether oxygens (including phenoxy) is 1. The molecule has 0 radical (unpaired) electrons. The van der Waals surface area contributed by atoms with Crippen LogP contribution in [-0.2, 0) is 11.2 Å². The lowest BCUT2D eigenvalue weighted by molar-refractivity contribution is -0.586. The van der Waals surface area contributed by atoms with E-state index in [1.807, 2.05) is 6.08 Å². The molecule has 3 aliphatic heterocycles. The summed E-state index contributed by atoms with van der Waals surface area (Å²) < 4.78 is 8.28. The first-order chi connectivity index (χ1) is 18.0. The first-order valence-electron chi connectivity index (χ1n) is 13.6. The molecule has 6 rings (SSSR count). The molecule has 4 heteroatoms. The van der Waals surface area contributed by atoms with Crippen LogP contribution in [0, 0.1) is 5.92 Å². The van der Waals surface area contributed by atoms with Gasteiger partial charge in [-0.25, -0.2) is 0 Å². The molecule has 0 spiro atoms. The van der Waals surface area contributed by atoms with Crippen LogP contribution in [0.1, 0.15) is 66.8 Å². The molecule has 2 atom stereocenters. The number of nitrogens with zero attached hydrogens (tertiary/aromatic N) is 2. The van der Waals surface area contributed by atoms with Gasteiger partial charge in [0.25, 0.3) is 0 Å². The molecular formula is C33H36N3O+. The van der Waals surface area contributed by atoms with Crippen molar-refractivity contribution in [2.45, 2.75) is 56.9 Å². The molecule has 1 N–H and O–H groups in total. The second-order valence-electron chi connectivity index (χ2n) is 10.8. The summed E-state index contributed by atoms with van der Waals surface area (Å²) in [6.07, 6.45) is 12.4. The van der Waals surface area contributed by atoms with Gasteiger partial charge in [0, 0.05) is 30.2 Å². The molecule has 1 aromatic carbocycles. The predicted octanol–water partition coefficient (Wildman–Crippen LogP) is 6.47. The molecule has 4 aliphatic rings. The SMILES string of the molecule is C=CC1=NC2C(=C)[n+]3ccc(CC4CCCC4)cc3C3=C(CCC2c2ccccc21)CNC(=C)OC3=C. The summed E-state index contributed by atoms with van der Waals surface area (Å²) in [7, 11) is 0. The van der Waals surface area contributed by atoms with Gasteiger partial charge in [0.05, 0.1) is 11.3 Å². The number of nitrogens with one attached hydrogen (secondary N) is 1. The minimum absolute atomic E-state index is 0.0759. The van der Waals surface area contributed by atoms with E-state index in [2.05, 4.69) is 78.8 Å². The van der Waals surface area contributed by atoms with Crippen LogP contribution in [0.2, 0.25) is 0 Å². The Morgan fingerprint density at radius 3 is 2.70 bits per heavy atom. The molecule has 0 amide bonds. The summed E-state index contributed by atoms with van der Waals surface area (Å²) in [6.45, 7) is 17.8. The van der Waals surface area contributed by atoms with Crippen molar-refractivity contribution in [3.8, 4) is 0 Å². The van der Waals surface area contributed by atoms with Gasteiger partial charge in [-0.3, -0.25) is 4.99 Å². The van der Waals surface area contributed by atoms with E-state index in [0.29, 0.717) is 18.2 Å². The van der Waals surface area contributed by atoms with E-state index in [-0.39, 0.29) is 12.0 Å². The van der Waals surface area contributed by atoms with Crippen molar-refractivity contribution in [1.29, 1.82) is 0 Å². The first-order valence-corrected chi connectivity index (χ1v) is 13.6. The lowest BCUT2D eigenvalue weighted by Crippen LogP contribution is -2.43. The van der Waals surface area contributed by atoms with Crippen molar-refractivity contribution in [3.63, 3.8) is 0 Å². The summed E-state index contributed by atoms with van der Waals surface area (Å²) in [5.41, 5.74) is 9.23. The predicted molar refractivity (Wildman–Crippen MR) is 151 cm³/mol. The molecule has 4 nitrogen and oxygen atoms in total. The molecule has 2 aromatic rings. The maximum absolute atomic E-state index is 6.05. The van der Waals surface area contributed by atoms with Crippen LogP contribution in [0.25, 0.3) is 11.3 Å². The van der Waals surface area contributed by atoms with Gasteiger partial charge in [0.15, 0.2) is 12.1 Å². The number of fused-ring (bicyclic) bond motifs is 5. The number of aliphatic imine (C=N–C) groups is 1. The number of hydrogen-bond acceptors (Lipinski definition) is 3. The van der Waals surface area contributed by atoms with E-state index in [9.17, 15) is 0 Å². The van der Waals surface area contributed by atoms with Crippen molar-refractivity contribution < 1.29 is 9.30 Å². The van der Waals surface area contributed by atoms with Gasteiger partial charge in [-0.1, -0.05) is 63.1 Å². The standard InChI is InChI=1S/C33H36N3O/c1-5-30-28-13-9-8-12-27(28)29-15-14-26-20-34-23(4)37-22(3)32(26)31-19-25(18-24-10-6-7-11-24)16-17-36(31)21(2)33(29)35-30/h5,8-9,12-13,16-17,19,24,29,33-34H,1-4,6-7,10-11,14-15,18,20H2/q+1. The highest BCUT2D eigenvalue weighted by Gasteiger charge is 2.40. The molecule has 2 unspecified atom stereocenters. The van der Waals surface area contributed by atoms with Crippen molar-refractivity contribution in [3.05, 3.63) is 115 Å². The minimum atomic E-state index is -0.0759. The van der Waals surface area contributed by atoms with Crippen molar-refractivity contribution in [1.82, 2.24) is 5.32 Å². The number of allylic oxidation sites excluding steroid dienone is 2. The normalized spacial score (nSPS) is 23.7. The van der Waals surface area contributed by atoms with Gasteiger partial charge in [-0.15, -0.1) is 0 Å². The molecule has 1 aromatic heterocycles. The fraction of sp³-hybridized carbons (Fsp3) is 0.333. The zero-order chi connectivity index (χ0) is 25.5. The van der Waals surface area contributed by atoms with E-state index in [0.717, 1.165) is 47.9 Å². The highest BCUT2D eigenvalue weighted by atomic mass is 16.5. The third-order valence-electron chi connectivity index (χ3n) is 8.55. The molecular weight excluding hydrogens is 454 g/mol. The van der Waals surface area contributed by atoms with Gasteiger partial charge in [-0.05, 0) is 61.1 Å². The number of hydrogen-bond donors (Lipinski definition) is 1. The third kappa shape index (κ3) is 4.29. The van der Waals surface area contributed by atoms with E-state index in [4.69, 9.17) is 9.73 Å². The van der Waals surface area contributed by atoms with E-state index in [1.165, 1.54) is 47.9 Å². The van der Waals surface area contributed by atoms with Crippen LogP contribution < -0.4 is 9.88 Å². The number of rotatable bonds is 3. The average Bonchev–Trinajstić information content (AvgIpc) is 3.38. The molecule has 37 heavy (non-hydrogen) atoms. The van der Waals surface area contributed by atoms with E-state index in [1.54, 1.807) is 0 Å². The maximum Gasteiger partial charge on any atom is 0.222 e. The van der Waals surface area contributed by atoms with Gasteiger partial charge >= 0.3 is 0 Å². The second-order valence-corrected chi connectivity index (χ2v) is 10.8. The number of pyridine rings is 1. The van der Waals surface area contributed by atoms with Crippen LogP contribution in [0.4, 0.5) is 0 Å². The average molecular weight is 491 g/mol. The highest BCUT2D eigenvalue weighted by molar-refractivity contribution is 6.10. The molecule has 0 saturated heterocycles. The fourth-order valence-electron chi connectivity index (χ4n) is 6.71. The van der Waals surface area contributed by atoms with Crippen LogP contribution in [-0.4, -0.2) is 18.3 Å². The largest absolute Gasteiger partial charge is 0.442 e. The zero-order valence-electron chi connectivity index (χ0n) is 21.6. The summed E-state index contributed by atoms with van der Waals surface area (Å²) in [6, 6.07) is 13.2. The van der Waals surface area contributed by atoms with Crippen LogP contribution in [0.5, 0.6) is 0 Å². The summed E-state index contributed by atoms with van der Waals surface area (Å²) in [4.78, 5) is 5.24. The van der Waals surface area contributed by atoms with Gasteiger partial charge in [0.2, 0.25) is 11.4 Å². The molecule has 1 saturated carbocycles. The number of benzene rings is 1. The Labute approximate surface area is 220 Å². The van der Waals surface area contributed by atoms with E-state index < -0.39 is 0 Å². The Balaban J connectivity index is 1.52. The lowest BCUT2D eigenvalue weighted by atomic mass is 9.79. The van der Waals surface area contributed by atoms with E-state index >= 15 is 0 Å². The van der Waals surface area contributed by atoms with Gasteiger partial charge in [-0.2, -0.15) is 4.57 Å². The topological polar surface area (TPSA) is 37.5 Å². The Morgan fingerprint density at radius 1 is 1.08 bits per heavy atom. The zero-order valence-corrected chi connectivity index (χ0v) is 21.6. The molecule has 1 fully saturated rings.